The number of nitrogens with one attached hydrogen (secondary N) is 1. The van der Waals surface area contributed by atoms with Crippen LogP contribution in [0.1, 0.15) is 18.9 Å². The Hall–Kier alpha value is -1.89. The van der Waals surface area contributed by atoms with Crippen LogP contribution in [-0.4, -0.2) is 17.4 Å². The molecule has 1 N–H and O–H groups in total. The number of hydrogen-bond donors (Lipinski definition) is 1. The number of nitrogens with zero attached hydrogens (tertiary/aromatic N) is 1. The van der Waals surface area contributed by atoms with Crippen molar-refractivity contribution < 1.29 is 9.18 Å². The standard InChI is InChI=1S/C11H11FN2O/c1-9(15)14-5-3-2-4-10-6-11(12)8-13-7-10/h6-8H,3,5H2,1H3,(H,14,15). The number of rotatable bonds is 2. The summed E-state index contributed by atoms with van der Waals surface area (Å²) in [6, 6.07) is 1.32. The van der Waals surface area contributed by atoms with E-state index < -0.39 is 5.82 Å². The van der Waals surface area contributed by atoms with Gasteiger partial charge in [0.15, 0.2) is 0 Å². The molecule has 0 aliphatic carbocycles. The molecule has 0 saturated carbocycles. The molecule has 0 fully saturated rings. The smallest absolute Gasteiger partial charge is 0.216 e. The molecule has 0 saturated heterocycles. The van der Waals surface area contributed by atoms with E-state index in [4.69, 9.17) is 0 Å². The third-order valence-corrected chi connectivity index (χ3v) is 1.56. The lowest BCUT2D eigenvalue weighted by molar-refractivity contribution is -0.118. The maximum Gasteiger partial charge on any atom is 0.216 e. The van der Waals surface area contributed by atoms with Crippen LogP contribution in [0, 0.1) is 17.7 Å². The fourth-order valence-electron chi connectivity index (χ4n) is 0.946. The molecule has 0 aliphatic rings. The van der Waals surface area contributed by atoms with Crippen LogP contribution in [0.2, 0.25) is 0 Å². The summed E-state index contributed by atoms with van der Waals surface area (Å²) in [6.45, 7) is 1.95. The van der Waals surface area contributed by atoms with Crippen LogP contribution in [-0.2, 0) is 4.79 Å². The first-order valence-electron chi connectivity index (χ1n) is 4.52. The van der Waals surface area contributed by atoms with Gasteiger partial charge in [-0.25, -0.2) is 4.39 Å². The number of pyridine rings is 1. The summed E-state index contributed by atoms with van der Waals surface area (Å²) >= 11 is 0. The van der Waals surface area contributed by atoms with Gasteiger partial charge < -0.3 is 5.32 Å². The largest absolute Gasteiger partial charge is 0.355 e. The molecule has 1 aromatic heterocycles. The van der Waals surface area contributed by atoms with E-state index in [1.54, 1.807) is 0 Å². The number of halogens is 1. The molecule has 3 nitrogen and oxygen atoms in total. The topological polar surface area (TPSA) is 42.0 Å². The molecule has 15 heavy (non-hydrogen) atoms. The molecule has 1 amide bonds. The van der Waals surface area contributed by atoms with E-state index in [1.807, 2.05) is 0 Å². The molecule has 78 valence electrons. The van der Waals surface area contributed by atoms with E-state index in [1.165, 1.54) is 19.2 Å². The van der Waals surface area contributed by atoms with Crippen molar-refractivity contribution in [1.82, 2.24) is 10.3 Å². The second-order valence-electron chi connectivity index (χ2n) is 2.93. The van der Waals surface area contributed by atoms with Crippen molar-refractivity contribution >= 4 is 5.91 Å². The minimum atomic E-state index is -0.399. The first-order valence-corrected chi connectivity index (χ1v) is 4.52. The molecule has 1 rings (SSSR count). The number of carbonyl (C=O) groups excluding carboxylic acids is 1. The van der Waals surface area contributed by atoms with E-state index in [0.29, 0.717) is 18.5 Å². The maximum absolute atomic E-state index is 12.7. The van der Waals surface area contributed by atoms with Gasteiger partial charge in [-0.1, -0.05) is 11.8 Å². The Balaban J connectivity index is 2.41. The van der Waals surface area contributed by atoms with Crippen molar-refractivity contribution in [2.45, 2.75) is 13.3 Å². The molecule has 1 heterocycles. The van der Waals surface area contributed by atoms with Crippen molar-refractivity contribution in [1.29, 1.82) is 0 Å². The Kier molecular flexibility index (Phi) is 4.30. The predicted molar refractivity (Wildman–Crippen MR) is 54.4 cm³/mol. The highest BCUT2D eigenvalue weighted by Gasteiger charge is 1.91. The van der Waals surface area contributed by atoms with Gasteiger partial charge in [0.1, 0.15) is 5.82 Å². The first-order chi connectivity index (χ1) is 7.18. The normalized spacial score (nSPS) is 8.93. The van der Waals surface area contributed by atoms with E-state index in [9.17, 15) is 9.18 Å². The fraction of sp³-hybridized carbons (Fsp3) is 0.273. The highest BCUT2D eigenvalue weighted by Crippen LogP contribution is 1.98. The first kappa shape index (κ1) is 11.2. The average Bonchev–Trinajstić information content (AvgIpc) is 2.17. The van der Waals surface area contributed by atoms with Gasteiger partial charge in [-0.15, -0.1) is 0 Å². The molecule has 0 aliphatic heterocycles. The number of aromatic nitrogens is 1. The lowest BCUT2D eigenvalue weighted by atomic mass is 10.3. The van der Waals surface area contributed by atoms with Crippen LogP contribution in [0.3, 0.4) is 0 Å². The molecule has 0 aromatic carbocycles. The minimum Gasteiger partial charge on any atom is -0.355 e. The zero-order chi connectivity index (χ0) is 11.1. The van der Waals surface area contributed by atoms with Gasteiger partial charge in [0.05, 0.1) is 6.20 Å². The van der Waals surface area contributed by atoms with Crippen molar-refractivity contribution in [3.63, 3.8) is 0 Å². The highest BCUT2D eigenvalue weighted by atomic mass is 19.1. The van der Waals surface area contributed by atoms with Crippen LogP contribution in [0.4, 0.5) is 4.39 Å². The summed E-state index contributed by atoms with van der Waals surface area (Å²) < 4.78 is 12.7. The third kappa shape index (κ3) is 4.77. The quantitative estimate of drug-likeness (QED) is 0.581. The molecular formula is C11H11FN2O. The van der Waals surface area contributed by atoms with Crippen LogP contribution < -0.4 is 5.32 Å². The van der Waals surface area contributed by atoms with Crippen molar-refractivity contribution in [3.8, 4) is 11.8 Å². The van der Waals surface area contributed by atoms with Crippen LogP contribution in [0.5, 0.6) is 0 Å². The van der Waals surface area contributed by atoms with Gasteiger partial charge >= 0.3 is 0 Å². The number of hydrogen-bond acceptors (Lipinski definition) is 2. The summed E-state index contributed by atoms with van der Waals surface area (Å²) in [5.74, 6) is 5.09. The third-order valence-electron chi connectivity index (χ3n) is 1.56. The van der Waals surface area contributed by atoms with Gasteiger partial charge in [0.25, 0.3) is 0 Å². The Morgan fingerprint density at radius 1 is 1.60 bits per heavy atom. The SMILES string of the molecule is CC(=O)NCCC#Cc1cncc(F)c1. The highest BCUT2D eigenvalue weighted by molar-refractivity contribution is 5.72. The van der Waals surface area contributed by atoms with Gasteiger partial charge in [0.2, 0.25) is 5.91 Å². The van der Waals surface area contributed by atoms with Crippen molar-refractivity contribution in [3.05, 3.63) is 29.8 Å². The van der Waals surface area contributed by atoms with E-state index in [0.717, 1.165) is 6.20 Å². The lowest BCUT2D eigenvalue weighted by Crippen LogP contribution is -2.20. The van der Waals surface area contributed by atoms with E-state index in [2.05, 4.69) is 22.1 Å². The summed E-state index contributed by atoms with van der Waals surface area (Å²) in [5, 5.41) is 2.61. The summed E-state index contributed by atoms with van der Waals surface area (Å²) in [6.07, 6.45) is 3.16. The average molecular weight is 206 g/mol. The summed E-state index contributed by atoms with van der Waals surface area (Å²) in [7, 11) is 0. The molecule has 1 aromatic rings. The summed E-state index contributed by atoms with van der Waals surface area (Å²) in [4.78, 5) is 14.2. The molecular weight excluding hydrogens is 195 g/mol. The van der Waals surface area contributed by atoms with Gasteiger partial charge in [-0.3, -0.25) is 9.78 Å². The number of amides is 1. The molecule has 0 bridgehead atoms. The molecule has 4 heteroatoms. The molecule has 0 spiro atoms. The van der Waals surface area contributed by atoms with E-state index in [-0.39, 0.29) is 5.91 Å². The monoisotopic (exact) mass is 206 g/mol. The molecule has 0 radical (unpaired) electrons. The van der Waals surface area contributed by atoms with Gasteiger partial charge in [-0.05, 0) is 6.07 Å². The zero-order valence-corrected chi connectivity index (χ0v) is 8.38. The predicted octanol–water partition coefficient (Wildman–Crippen LogP) is 1.10. The van der Waals surface area contributed by atoms with Crippen LogP contribution in [0.25, 0.3) is 0 Å². The van der Waals surface area contributed by atoms with Crippen molar-refractivity contribution in [2.75, 3.05) is 6.54 Å². The van der Waals surface area contributed by atoms with Gasteiger partial charge in [0, 0.05) is 31.6 Å². The van der Waals surface area contributed by atoms with Crippen LogP contribution >= 0.6 is 0 Å². The van der Waals surface area contributed by atoms with Crippen molar-refractivity contribution in [2.24, 2.45) is 0 Å². The molecule has 0 unspecified atom stereocenters. The second-order valence-corrected chi connectivity index (χ2v) is 2.93. The van der Waals surface area contributed by atoms with E-state index >= 15 is 0 Å². The minimum absolute atomic E-state index is 0.0794. The maximum atomic E-state index is 12.7. The Labute approximate surface area is 87.7 Å². The molecule has 0 atom stereocenters. The Morgan fingerprint density at radius 2 is 2.40 bits per heavy atom. The number of carbonyl (C=O) groups is 1. The fourth-order valence-corrected chi connectivity index (χ4v) is 0.946. The zero-order valence-electron chi connectivity index (χ0n) is 8.38. The lowest BCUT2D eigenvalue weighted by Gasteiger charge is -1.94. The second kappa shape index (κ2) is 5.76. The Morgan fingerprint density at radius 3 is 3.07 bits per heavy atom. The Bertz CT molecular complexity index is 407. The summed E-state index contributed by atoms with van der Waals surface area (Å²) in [5.41, 5.74) is 0.540. The van der Waals surface area contributed by atoms with Gasteiger partial charge in [-0.2, -0.15) is 0 Å². The van der Waals surface area contributed by atoms with Crippen LogP contribution in [0.15, 0.2) is 18.5 Å².